The van der Waals surface area contributed by atoms with Crippen molar-refractivity contribution in [2.24, 2.45) is 0 Å². The van der Waals surface area contributed by atoms with Crippen LogP contribution < -0.4 is 0 Å². The number of pyridine rings is 2. The number of thiazole rings is 1. The summed E-state index contributed by atoms with van der Waals surface area (Å²) >= 11 is 1.61. The summed E-state index contributed by atoms with van der Waals surface area (Å²) in [5.74, 6) is 0. The van der Waals surface area contributed by atoms with Crippen molar-refractivity contribution in [3.05, 3.63) is 54.3 Å². The molecule has 0 aliphatic rings. The minimum absolute atomic E-state index is 0.902. The minimum atomic E-state index is 0.902. The van der Waals surface area contributed by atoms with Crippen LogP contribution in [0.3, 0.4) is 0 Å². The molecule has 3 aromatic rings. The monoisotopic (exact) mass is 239 g/mol. The van der Waals surface area contributed by atoms with E-state index in [0.717, 1.165) is 22.0 Å². The van der Waals surface area contributed by atoms with Gasteiger partial charge in [0.25, 0.3) is 0 Å². The van der Waals surface area contributed by atoms with Crippen LogP contribution in [0, 0.1) is 0 Å². The Bertz CT molecular complexity index is 551. The summed E-state index contributed by atoms with van der Waals surface area (Å²) < 4.78 is 0. The van der Waals surface area contributed by atoms with Crippen LogP contribution in [0.2, 0.25) is 0 Å². The van der Waals surface area contributed by atoms with Crippen LogP contribution in [0.4, 0.5) is 0 Å². The Morgan fingerprint density at radius 1 is 0.941 bits per heavy atom. The second kappa shape index (κ2) is 4.43. The zero-order valence-corrected chi connectivity index (χ0v) is 9.76. The number of aromatic nitrogens is 3. The van der Waals surface area contributed by atoms with Gasteiger partial charge in [-0.25, -0.2) is 4.98 Å². The van der Waals surface area contributed by atoms with E-state index in [0.29, 0.717) is 0 Å². The van der Waals surface area contributed by atoms with Crippen LogP contribution in [0.1, 0.15) is 0 Å². The summed E-state index contributed by atoms with van der Waals surface area (Å²) in [6.07, 6.45) is 5.36. The largest absolute Gasteiger partial charge is 0.264 e. The summed E-state index contributed by atoms with van der Waals surface area (Å²) in [5.41, 5.74) is 2.85. The lowest BCUT2D eigenvalue weighted by Crippen LogP contribution is -1.82. The van der Waals surface area contributed by atoms with Crippen molar-refractivity contribution >= 4 is 11.3 Å². The van der Waals surface area contributed by atoms with Gasteiger partial charge in [0.1, 0.15) is 10.7 Å². The molecule has 0 unspecified atom stereocenters. The van der Waals surface area contributed by atoms with E-state index >= 15 is 0 Å². The molecular weight excluding hydrogens is 230 g/mol. The third-order valence-corrected chi connectivity index (χ3v) is 3.23. The molecule has 0 aromatic carbocycles. The van der Waals surface area contributed by atoms with Gasteiger partial charge in [-0.2, -0.15) is 0 Å². The summed E-state index contributed by atoms with van der Waals surface area (Å²) in [5, 5.41) is 2.99. The molecule has 3 aromatic heterocycles. The van der Waals surface area contributed by atoms with E-state index in [4.69, 9.17) is 0 Å². The van der Waals surface area contributed by atoms with Crippen LogP contribution in [0.5, 0.6) is 0 Å². The van der Waals surface area contributed by atoms with Gasteiger partial charge in [-0.3, -0.25) is 9.97 Å². The van der Waals surface area contributed by atoms with Crippen molar-refractivity contribution in [1.82, 2.24) is 15.0 Å². The fraction of sp³-hybridized carbons (Fsp3) is 0. The summed E-state index contributed by atoms with van der Waals surface area (Å²) in [7, 11) is 0. The highest BCUT2D eigenvalue weighted by Gasteiger charge is 2.06. The predicted octanol–water partition coefficient (Wildman–Crippen LogP) is 3.27. The third-order valence-electron chi connectivity index (χ3n) is 2.34. The molecule has 17 heavy (non-hydrogen) atoms. The zero-order valence-electron chi connectivity index (χ0n) is 8.95. The molecule has 0 radical (unpaired) electrons. The van der Waals surface area contributed by atoms with E-state index < -0.39 is 0 Å². The van der Waals surface area contributed by atoms with Crippen molar-refractivity contribution < 1.29 is 0 Å². The average Bonchev–Trinajstić information content (AvgIpc) is 2.90. The smallest absolute Gasteiger partial charge is 0.125 e. The molecule has 0 spiro atoms. The van der Waals surface area contributed by atoms with Crippen molar-refractivity contribution in [3.8, 4) is 22.0 Å². The second-order valence-electron chi connectivity index (χ2n) is 3.49. The molecule has 0 amide bonds. The standard InChI is InChI=1S/C13H9N3S/c1-2-7-15-11(5-1)12-9-17-13(16-12)10-4-3-6-14-8-10/h1-9H. The maximum atomic E-state index is 4.57. The van der Waals surface area contributed by atoms with Crippen molar-refractivity contribution in [2.45, 2.75) is 0 Å². The highest BCUT2D eigenvalue weighted by atomic mass is 32.1. The Morgan fingerprint density at radius 2 is 1.94 bits per heavy atom. The van der Waals surface area contributed by atoms with Gasteiger partial charge < -0.3 is 0 Å². The molecule has 0 saturated carbocycles. The summed E-state index contributed by atoms with van der Waals surface area (Å²) in [4.78, 5) is 12.9. The highest BCUT2D eigenvalue weighted by Crippen LogP contribution is 2.26. The SMILES string of the molecule is c1ccc(-c2csc(-c3cccnc3)n2)nc1. The molecule has 3 rings (SSSR count). The van der Waals surface area contributed by atoms with E-state index in [1.165, 1.54) is 0 Å². The molecule has 0 fully saturated rings. The summed E-state index contributed by atoms with van der Waals surface area (Å²) in [6, 6.07) is 9.75. The third kappa shape index (κ3) is 2.07. The first-order valence-electron chi connectivity index (χ1n) is 5.21. The normalized spacial score (nSPS) is 10.4. The van der Waals surface area contributed by atoms with E-state index in [2.05, 4.69) is 15.0 Å². The fourth-order valence-electron chi connectivity index (χ4n) is 1.53. The zero-order chi connectivity index (χ0) is 11.5. The fourth-order valence-corrected chi connectivity index (χ4v) is 2.33. The van der Waals surface area contributed by atoms with Gasteiger partial charge in [0.2, 0.25) is 0 Å². The topological polar surface area (TPSA) is 38.7 Å². The first-order chi connectivity index (χ1) is 8.43. The van der Waals surface area contributed by atoms with Gasteiger partial charge in [0, 0.05) is 29.5 Å². The summed E-state index contributed by atoms with van der Waals surface area (Å²) in [6.45, 7) is 0. The van der Waals surface area contributed by atoms with Gasteiger partial charge in [-0.15, -0.1) is 11.3 Å². The lowest BCUT2D eigenvalue weighted by atomic mass is 10.3. The van der Waals surface area contributed by atoms with Crippen molar-refractivity contribution in [2.75, 3.05) is 0 Å². The molecule has 82 valence electrons. The molecule has 0 atom stereocenters. The van der Waals surface area contributed by atoms with Gasteiger partial charge >= 0.3 is 0 Å². The quantitative estimate of drug-likeness (QED) is 0.689. The molecule has 3 nitrogen and oxygen atoms in total. The first-order valence-corrected chi connectivity index (χ1v) is 6.09. The lowest BCUT2D eigenvalue weighted by molar-refractivity contribution is 1.27. The van der Waals surface area contributed by atoms with Crippen LogP contribution >= 0.6 is 11.3 Å². The molecule has 3 heterocycles. The van der Waals surface area contributed by atoms with E-state index in [1.807, 2.05) is 41.9 Å². The Morgan fingerprint density at radius 3 is 2.71 bits per heavy atom. The molecule has 0 saturated heterocycles. The van der Waals surface area contributed by atoms with Crippen LogP contribution in [0.25, 0.3) is 22.0 Å². The van der Waals surface area contributed by atoms with E-state index in [1.54, 1.807) is 23.7 Å². The number of hydrogen-bond donors (Lipinski definition) is 0. The highest BCUT2D eigenvalue weighted by molar-refractivity contribution is 7.13. The number of nitrogens with zero attached hydrogens (tertiary/aromatic N) is 3. The van der Waals surface area contributed by atoms with Gasteiger partial charge in [-0.05, 0) is 24.3 Å². The van der Waals surface area contributed by atoms with E-state index in [9.17, 15) is 0 Å². The predicted molar refractivity (Wildman–Crippen MR) is 68.6 cm³/mol. The molecule has 0 bridgehead atoms. The number of hydrogen-bond acceptors (Lipinski definition) is 4. The molecule has 0 aliphatic carbocycles. The van der Waals surface area contributed by atoms with E-state index in [-0.39, 0.29) is 0 Å². The van der Waals surface area contributed by atoms with Gasteiger partial charge in [0.15, 0.2) is 0 Å². The second-order valence-corrected chi connectivity index (χ2v) is 4.35. The molecule has 0 aliphatic heterocycles. The van der Waals surface area contributed by atoms with Crippen molar-refractivity contribution in [1.29, 1.82) is 0 Å². The van der Waals surface area contributed by atoms with Crippen molar-refractivity contribution in [3.63, 3.8) is 0 Å². The maximum absolute atomic E-state index is 4.57. The minimum Gasteiger partial charge on any atom is -0.264 e. The molecule has 4 heteroatoms. The Hall–Kier alpha value is -2.07. The molecule has 0 N–H and O–H groups in total. The lowest BCUT2D eigenvalue weighted by Gasteiger charge is -1.94. The van der Waals surface area contributed by atoms with Gasteiger partial charge in [-0.1, -0.05) is 6.07 Å². The average molecular weight is 239 g/mol. The maximum Gasteiger partial charge on any atom is 0.125 e. The van der Waals surface area contributed by atoms with Crippen LogP contribution in [-0.4, -0.2) is 15.0 Å². The Kier molecular flexibility index (Phi) is 2.63. The van der Waals surface area contributed by atoms with Crippen LogP contribution in [-0.2, 0) is 0 Å². The first kappa shape index (κ1) is 10.1. The Labute approximate surface area is 103 Å². The van der Waals surface area contributed by atoms with Gasteiger partial charge in [0.05, 0.1) is 5.69 Å². The Balaban J connectivity index is 1.99. The molecular formula is C13H9N3S. The van der Waals surface area contributed by atoms with Crippen LogP contribution in [0.15, 0.2) is 54.3 Å². The number of rotatable bonds is 2.